The second-order valence-corrected chi connectivity index (χ2v) is 4.52. The number of hydrogen-bond donors (Lipinski definition) is 1. The summed E-state index contributed by atoms with van der Waals surface area (Å²) in [5.41, 5.74) is 3.22. The third-order valence-corrected chi connectivity index (χ3v) is 3.77. The van der Waals surface area contributed by atoms with Crippen LogP contribution in [0.25, 0.3) is 0 Å². The summed E-state index contributed by atoms with van der Waals surface area (Å²) in [6.45, 7) is 0. The highest BCUT2D eigenvalue weighted by Gasteiger charge is 2.35. The van der Waals surface area contributed by atoms with E-state index in [0.717, 1.165) is 12.0 Å². The molecular formula is C12H17N. The average Bonchev–Trinajstić information content (AvgIpc) is 2.56. The molecule has 2 unspecified atom stereocenters. The summed E-state index contributed by atoms with van der Waals surface area (Å²) in [5.74, 6) is 0.897. The van der Waals surface area contributed by atoms with Gasteiger partial charge in [0.05, 0.1) is 0 Å². The van der Waals surface area contributed by atoms with E-state index < -0.39 is 0 Å². The summed E-state index contributed by atoms with van der Waals surface area (Å²) in [4.78, 5) is 0. The highest BCUT2D eigenvalue weighted by atomic mass is 15.0. The molecule has 0 amide bonds. The van der Waals surface area contributed by atoms with Crippen molar-refractivity contribution in [3.8, 4) is 0 Å². The van der Waals surface area contributed by atoms with Gasteiger partial charge in [-0.2, -0.15) is 0 Å². The molecule has 1 saturated carbocycles. The predicted molar refractivity (Wildman–Crippen MR) is 54.3 cm³/mol. The Balaban J connectivity index is 1.90. The summed E-state index contributed by atoms with van der Waals surface area (Å²) < 4.78 is 0. The molecule has 0 aromatic carbocycles. The molecule has 2 aliphatic carbocycles. The number of nitrogens with one attached hydrogen (secondary N) is 1. The molecule has 1 nitrogen and oxygen atoms in total. The first-order valence-corrected chi connectivity index (χ1v) is 5.61. The molecule has 0 saturated heterocycles. The minimum Gasteiger partial charge on any atom is -0.382 e. The third-order valence-electron chi connectivity index (χ3n) is 3.77. The molecule has 1 aliphatic heterocycles. The van der Waals surface area contributed by atoms with Crippen LogP contribution >= 0.6 is 0 Å². The molecule has 0 bridgehead atoms. The number of hydrogen-bond acceptors (Lipinski definition) is 1. The van der Waals surface area contributed by atoms with Crippen molar-refractivity contribution < 1.29 is 0 Å². The van der Waals surface area contributed by atoms with Gasteiger partial charge in [-0.3, -0.25) is 0 Å². The molecule has 70 valence electrons. The molecule has 1 N–H and O–H groups in total. The first kappa shape index (κ1) is 7.66. The van der Waals surface area contributed by atoms with E-state index in [2.05, 4.69) is 17.5 Å². The highest BCUT2D eigenvalue weighted by molar-refractivity contribution is 5.36. The van der Waals surface area contributed by atoms with Crippen molar-refractivity contribution in [2.24, 2.45) is 5.92 Å². The van der Waals surface area contributed by atoms with E-state index in [1.54, 1.807) is 5.57 Å². The van der Waals surface area contributed by atoms with Gasteiger partial charge < -0.3 is 5.32 Å². The second kappa shape index (κ2) is 2.90. The Kier molecular flexibility index (Phi) is 1.71. The van der Waals surface area contributed by atoms with Crippen molar-refractivity contribution >= 4 is 0 Å². The molecule has 0 spiro atoms. The van der Waals surface area contributed by atoms with Gasteiger partial charge >= 0.3 is 0 Å². The van der Waals surface area contributed by atoms with Crippen molar-refractivity contribution in [3.63, 3.8) is 0 Å². The Bertz CT molecular complexity index is 275. The van der Waals surface area contributed by atoms with Crippen molar-refractivity contribution in [2.75, 3.05) is 0 Å². The zero-order valence-corrected chi connectivity index (χ0v) is 8.05. The van der Waals surface area contributed by atoms with E-state index in [1.807, 2.05) is 0 Å². The van der Waals surface area contributed by atoms with Gasteiger partial charge in [-0.05, 0) is 37.3 Å². The topological polar surface area (TPSA) is 12.0 Å². The van der Waals surface area contributed by atoms with Crippen LogP contribution < -0.4 is 5.32 Å². The van der Waals surface area contributed by atoms with Crippen LogP contribution in [0, 0.1) is 5.92 Å². The zero-order valence-electron chi connectivity index (χ0n) is 8.05. The summed E-state index contributed by atoms with van der Waals surface area (Å²) in [6.07, 6.45) is 12.9. The standard InChI is InChI=1S/C12H17N/c1-3-7-11-9(5-1)10-6-2-4-8-12(10)13-11/h3,7,10,12-13H,1-2,4-6,8H2. The second-order valence-electron chi connectivity index (χ2n) is 4.52. The van der Waals surface area contributed by atoms with Gasteiger partial charge in [0.1, 0.15) is 0 Å². The SMILES string of the molecule is C1=CC2=C(CC1)C1CCCCC1N2. The average molecular weight is 175 g/mol. The summed E-state index contributed by atoms with van der Waals surface area (Å²) in [7, 11) is 0. The third kappa shape index (κ3) is 1.13. The summed E-state index contributed by atoms with van der Waals surface area (Å²) in [5, 5.41) is 3.69. The first-order chi connectivity index (χ1) is 6.45. The van der Waals surface area contributed by atoms with E-state index in [4.69, 9.17) is 0 Å². The molecular weight excluding hydrogens is 158 g/mol. The Morgan fingerprint density at radius 2 is 2.15 bits per heavy atom. The number of fused-ring (bicyclic) bond motifs is 2. The molecule has 3 aliphatic rings. The lowest BCUT2D eigenvalue weighted by Gasteiger charge is -2.27. The summed E-state index contributed by atoms with van der Waals surface area (Å²) in [6, 6.07) is 0.793. The molecule has 0 aromatic heterocycles. The number of rotatable bonds is 0. The van der Waals surface area contributed by atoms with E-state index in [1.165, 1.54) is 44.2 Å². The van der Waals surface area contributed by atoms with E-state index in [-0.39, 0.29) is 0 Å². The molecule has 1 heterocycles. The molecule has 1 heteroatoms. The smallest absolute Gasteiger partial charge is 0.0334 e. The van der Waals surface area contributed by atoms with Crippen LogP contribution in [0.4, 0.5) is 0 Å². The maximum Gasteiger partial charge on any atom is 0.0334 e. The Morgan fingerprint density at radius 1 is 1.23 bits per heavy atom. The van der Waals surface area contributed by atoms with Crippen molar-refractivity contribution in [2.45, 2.75) is 44.6 Å². The molecule has 2 atom stereocenters. The highest BCUT2D eigenvalue weighted by Crippen LogP contribution is 2.40. The van der Waals surface area contributed by atoms with Crippen LogP contribution in [0.1, 0.15) is 38.5 Å². The van der Waals surface area contributed by atoms with Crippen LogP contribution in [-0.4, -0.2) is 6.04 Å². The Hall–Kier alpha value is -0.720. The van der Waals surface area contributed by atoms with E-state index >= 15 is 0 Å². The van der Waals surface area contributed by atoms with E-state index in [0.29, 0.717) is 0 Å². The Morgan fingerprint density at radius 3 is 3.15 bits per heavy atom. The fourth-order valence-electron chi connectivity index (χ4n) is 3.13. The van der Waals surface area contributed by atoms with Crippen LogP contribution in [0.2, 0.25) is 0 Å². The molecule has 13 heavy (non-hydrogen) atoms. The molecule has 1 fully saturated rings. The monoisotopic (exact) mass is 175 g/mol. The fraction of sp³-hybridized carbons (Fsp3) is 0.667. The van der Waals surface area contributed by atoms with Gasteiger partial charge in [0, 0.05) is 17.7 Å². The van der Waals surface area contributed by atoms with Crippen LogP contribution in [0.15, 0.2) is 23.4 Å². The van der Waals surface area contributed by atoms with Crippen molar-refractivity contribution in [1.82, 2.24) is 5.32 Å². The largest absolute Gasteiger partial charge is 0.382 e. The lowest BCUT2D eigenvalue weighted by Crippen LogP contribution is -2.31. The minimum atomic E-state index is 0.793. The first-order valence-electron chi connectivity index (χ1n) is 5.61. The quantitative estimate of drug-likeness (QED) is 0.597. The zero-order chi connectivity index (χ0) is 8.67. The lowest BCUT2D eigenvalue weighted by molar-refractivity contribution is 0.337. The van der Waals surface area contributed by atoms with Gasteiger partial charge in [0.15, 0.2) is 0 Å². The van der Waals surface area contributed by atoms with Gasteiger partial charge in [0.25, 0.3) is 0 Å². The van der Waals surface area contributed by atoms with E-state index in [9.17, 15) is 0 Å². The molecule has 0 aromatic rings. The Labute approximate surface area is 79.9 Å². The van der Waals surface area contributed by atoms with Crippen molar-refractivity contribution in [1.29, 1.82) is 0 Å². The normalized spacial score (nSPS) is 36.9. The number of allylic oxidation sites excluding steroid dienone is 2. The maximum atomic E-state index is 3.69. The van der Waals surface area contributed by atoms with Gasteiger partial charge in [-0.15, -0.1) is 0 Å². The van der Waals surface area contributed by atoms with Gasteiger partial charge in [0.2, 0.25) is 0 Å². The van der Waals surface area contributed by atoms with Crippen molar-refractivity contribution in [3.05, 3.63) is 23.4 Å². The fourth-order valence-corrected chi connectivity index (χ4v) is 3.13. The molecule has 3 rings (SSSR count). The van der Waals surface area contributed by atoms with Gasteiger partial charge in [-0.1, -0.05) is 18.9 Å². The van der Waals surface area contributed by atoms with Gasteiger partial charge in [-0.25, -0.2) is 0 Å². The summed E-state index contributed by atoms with van der Waals surface area (Å²) >= 11 is 0. The van der Waals surface area contributed by atoms with Crippen LogP contribution in [0.3, 0.4) is 0 Å². The maximum absolute atomic E-state index is 3.69. The van der Waals surface area contributed by atoms with Crippen LogP contribution in [0.5, 0.6) is 0 Å². The lowest BCUT2D eigenvalue weighted by atomic mass is 9.80. The van der Waals surface area contributed by atoms with Crippen LogP contribution in [-0.2, 0) is 0 Å². The minimum absolute atomic E-state index is 0.793. The predicted octanol–water partition coefficient (Wildman–Crippen LogP) is 2.75. The molecule has 0 radical (unpaired) electrons.